The molecule has 0 aliphatic heterocycles. The fourth-order valence-electron chi connectivity index (χ4n) is 2.95. The zero-order chi connectivity index (χ0) is 20.8. The Hall–Kier alpha value is -2.63. The zero-order valence-corrected chi connectivity index (χ0v) is 18.3. The van der Waals surface area contributed by atoms with Crippen molar-refractivity contribution in [2.75, 3.05) is 12.4 Å². The molecule has 3 rings (SSSR count). The Balaban J connectivity index is 1.85. The summed E-state index contributed by atoms with van der Waals surface area (Å²) in [6, 6.07) is 16.2. The van der Waals surface area contributed by atoms with Crippen molar-refractivity contribution >= 4 is 34.6 Å². The van der Waals surface area contributed by atoms with Gasteiger partial charge in [0.15, 0.2) is 5.11 Å². The van der Waals surface area contributed by atoms with E-state index >= 15 is 0 Å². The number of pyridine rings is 1. The van der Waals surface area contributed by atoms with Crippen molar-refractivity contribution < 1.29 is 4.74 Å². The Morgan fingerprint density at radius 2 is 1.83 bits per heavy atom. The molecule has 0 bridgehead atoms. The molecule has 0 aliphatic carbocycles. The normalized spacial score (nSPS) is 10.5. The first kappa shape index (κ1) is 21.1. The Bertz CT molecular complexity index is 977. The van der Waals surface area contributed by atoms with E-state index in [1.165, 1.54) is 11.1 Å². The van der Waals surface area contributed by atoms with Gasteiger partial charge in [-0.15, -0.1) is 0 Å². The van der Waals surface area contributed by atoms with E-state index in [9.17, 15) is 0 Å². The van der Waals surface area contributed by atoms with Crippen molar-refractivity contribution in [3.05, 3.63) is 88.2 Å². The number of thiocarbonyl (C=S) groups is 1. The van der Waals surface area contributed by atoms with Gasteiger partial charge in [0.2, 0.25) is 0 Å². The average Bonchev–Trinajstić information content (AvgIpc) is 2.72. The van der Waals surface area contributed by atoms with Gasteiger partial charge in [0.05, 0.1) is 12.8 Å². The molecule has 2 aromatic carbocycles. The average molecular weight is 426 g/mol. The summed E-state index contributed by atoms with van der Waals surface area (Å²) in [5, 5.41) is 4.60. The largest absolute Gasteiger partial charge is 0.495 e. The van der Waals surface area contributed by atoms with Crippen LogP contribution >= 0.6 is 23.8 Å². The summed E-state index contributed by atoms with van der Waals surface area (Å²) in [5.41, 5.74) is 5.25. The predicted molar refractivity (Wildman–Crippen MR) is 124 cm³/mol. The van der Waals surface area contributed by atoms with Gasteiger partial charge in [0.25, 0.3) is 0 Å². The maximum atomic E-state index is 6.23. The van der Waals surface area contributed by atoms with Crippen molar-refractivity contribution in [3.63, 3.8) is 0 Å². The first-order chi connectivity index (χ1) is 14.0. The molecule has 0 atom stereocenters. The Labute approximate surface area is 182 Å². The summed E-state index contributed by atoms with van der Waals surface area (Å²) in [4.78, 5) is 6.33. The topological polar surface area (TPSA) is 37.4 Å². The van der Waals surface area contributed by atoms with Crippen molar-refractivity contribution in [2.24, 2.45) is 0 Å². The lowest BCUT2D eigenvalue weighted by Gasteiger charge is -2.27. The summed E-state index contributed by atoms with van der Waals surface area (Å²) in [6.07, 6.45) is 3.63. The molecule has 0 fully saturated rings. The Morgan fingerprint density at radius 1 is 1.10 bits per heavy atom. The molecule has 0 aliphatic rings. The number of nitrogens with zero attached hydrogens (tertiary/aromatic N) is 2. The number of rotatable bonds is 6. The van der Waals surface area contributed by atoms with Gasteiger partial charge in [-0.3, -0.25) is 4.98 Å². The summed E-state index contributed by atoms with van der Waals surface area (Å²) in [5.74, 6) is 0.652. The Morgan fingerprint density at radius 3 is 2.48 bits per heavy atom. The predicted octanol–water partition coefficient (Wildman–Crippen LogP) is 5.76. The van der Waals surface area contributed by atoms with E-state index in [-0.39, 0.29) is 0 Å². The second kappa shape index (κ2) is 9.72. The fraction of sp³-hybridized carbons (Fsp3) is 0.217. The maximum absolute atomic E-state index is 6.23. The molecule has 4 nitrogen and oxygen atoms in total. The van der Waals surface area contributed by atoms with Gasteiger partial charge in [-0.25, -0.2) is 0 Å². The van der Waals surface area contributed by atoms with E-state index in [0.29, 0.717) is 29.0 Å². The highest BCUT2D eigenvalue weighted by Gasteiger charge is 2.15. The molecule has 6 heteroatoms. The van der Waals surface area contributed by atoms with Crippen LogP contribution < -0.4 is 10.1 Å². The minimum atomic E-state index is 0.606. The lowest BCUT2D eigenvalue weighted by Crippen LogP contribution is -2.34. The SMILES string of the molecule is COc1cc(Cl)c(C)cc1NC(=S)N(Cc1ccc(C)cc1)Cc1cccnc1. The monoisotopic (exact) mass is 425 g/mol. The van der Waals surface area contributed by atoms with Crippen LogP contribution in [0.25, 0.3) is 0 Å². The first-order valence-corrected chi connectivity index (χ1v) is 10.1. The number of aryl methyl sites for hydroxylation is 2. The van der Waals surface area contributed by atoms with Crippen LogP contribution in [-0.2, 0) is 13.1 Å². The molecule has 150 valence electrons. The van der Waals surface area contributed by atoms with Gasteiger partial charge in [-0.1, -0.05) is 47.5 Å². The van der Waals surface area contributed by atoms with E-state index in [4.69, 9.17) is 28.6 Å². The number of hydrogen-bond donors (Lipinski definition) is 1. The molecule has 0 saturated heterocycles. The number of aromatic nitrogens is 1. The number of anilines is 1. The minimum Gasteiger partial charge on any atom is -0.495 e. The second-order valence-electron chi connectivity index (χ2n) is 6.93. The van der Waals surface area contributed by atoms with Crippen LogP contribution in [0.4, 0.5) is 5.69 Å². The number of ether oxygens (including phenoxy) is 1. The van der Waals surface area contributed by atoms with Crippen LogP contribution in [0.5, 0.6) is 5.75 Å². The van der Waals surface area contributed by atoms with Gasteiger partial charge in [0.1, 0.15) is 5.75 Å². The summed E-state index contributed by atoms with van der Waals surface area (Å²) < 4.78 is 5.48. The van der Waals surface area contributed by atoms with Crippen LogP contribution in [0.2, 0.25) is 5.02 Å². The Kier molecular flexibility index (Phi) is 7.07. The molecular weight excluding hydrogens is 402 g/mol. The van der Waals surface area contributed by atoms with Gasteiger partial charge in [0, 0.05) is 36.6 Å². The molecule has 0 spiro atoms. The number of benzene rings is 2. The van der Waals surface area contributed by atoms with Crippen molar-refractivity contribution in [1.29, 1.82) is 0 Å². The fourth-order valence-corrected chi connectivity index (χ4v) is 3.34. The van der Waals surface area contributed by atoms with E-state index in [1.54, 1.807) is 19.4 Å². The summed E-state index contributed by atoms with van der Waals surface area (Å²) >= 11 is 12.0. The molecule has 0 radical (unpaired) electrons. The highest BCUT2D eigenvalue weighted by atomic mass is 35.5. The molecule has 1 aromatic heterocycles. The molecule has 1 heterocycles. The van der Waals surface area contributed by atoms with Crippen LogP contribution in [-0.4, -0.2) is 22.1 Å². The molecule has 1 N–H and O–H groups in total. The van der Waals surface area contributed by atoms with E-state index in [2.05, 4.69) is 46.4 Å². The number of hydrogen-bond acceptors (Lipinski definition) is 3. The van der Waals surface area contributed by atoms with Crippen LogP contribution in [0.15, 0.2) is 60.9 Å². The molecular formula is C23H24ClN3OS. The van der Waals surface area contributed by atoms with Gasteiger partial charge in [-0.2, -0.15) is 0 Å². The second-order valence-corrected chi connectivity index (χ2v) is 7.73. The molecule has 0 saturated carbocycles. The first-order valence-electron chi connectivity index (χ1n) is 9.31. The standard InChI is InChI=1S/C23H24ClN3OS/c1-16-6-8-18(9-7-16)14-27(15-19-5-4-10-25-13-19)23(29)26-21-11-17(2)20(24)12-22(21)28-3/h4-13H,14-15H2,1-3H3,(H,26,29). The van der Waals surface area contributed by atoms with Crippen molar-refractivity contribution in [2.45, 2.75) is 26.9 Å². The van der Waals surface area contributed by atoms with Gasteiger partial charge >= 0.3 is 0 Å². The summed E-state index contributed by atoms with van der Waals surface area (Å²) in [7, 11) is 1.62. The third-order valence-corrected chi connectivity index (χ3v) is 5.37. The van der Waals surface area contributed by atoms with Gasteiger partial charge < -0.3 is 15.0 Å². The zero-order valence-electron chi connectivity index (χ0n) is 16.8. The van der Waals surface area contributed by atoms with Crippen molar-refractivity contribution in [3.8, 4) is 5.75 Å². The third kappa shape index (κ3) is 5.68. The lowest BCUT2D eigenvalue weighted by molar-refractivity contribution is 0.408. The lowest BCUT2D eigenvalue weighted by atomic mass is 10.1. The third-order valence-electron chi connectivity index (χ3n) is 4.60. The van der Waals surface area contributed by atoms with Crippen LogP contribution in [0, 0.1) is 13.8 Å². The van der Waals surface area contributed by atoms with Crippen LogP contribution in [0.1, 0.15) is 22.3 Å². The quantitative estimate of drug-likeness (QED) is 0.508. The molecule has 0 unspecified atom stereocenters. The van der Waals surface area contributed by atoms with Gasteiger partial charge in [-0.05, 0) is 54.9 Å². The maximum Gasteiger partial charge on any atom is 0.174 e. The van der Waals surface area contributed by atoms with Crippen molar-refractivity contribution in [1.82, 2.24) is 9.88 Å². The van der Waals surface area contributed by atoms with E-state index in [0.717, 1.165) is 16.8 Å². The molecule has 0 amide bonds. The van der Waals surface area contributed by atoms with Crippen LogP contribution in [0.3, 0.4) is 0 Å². The minimum absolute atomic E-state index is 0.606. The van der Waals surface area contributed by atoms with E-state index < -0.39 is 0 Å². The highest BCUT2D eigenvalue weighted by Crippen LogP contribution is 2.31. The smallest absolute Gasteiger partial charge is 0.174 e. The number of nitrogens with one attached hydrogen (secondary N) is 1. The summed E-state index contributed by atoms with van der Waals surface area (Å²) in [6.45, 7) is 5.35. The highest BCUT2D eigenvalue weighted by molar-refractivity contribution is 7.80. The number of methoxy groups -OCH3 is 1. The molecule has 3 aromatic rings. The molecule has 29 heavy (non-hydrogen) atoms. The van der Waals surface area contributed by atoms with E-state index in [1.807, 2.05) is 31.3 Å². The number of halogens is 1.